The lowest BCUT2D eigenvalue weighted by atomic mass is 10.1. The molecule has 1 amide bonds. The van der Waals surface area contributed by atoms with Crippen molar-refractivity contribution in [2.45, 2.75) is 39.3 Å². The minimum absolute atomic E-state index is 0.268. The number of anilines is 2. The van der Waals surface area contributed by atoms with Crippen molar-refractivity contribution in [1.82, 2.24) is 15.2 Å². The number of benzene rings is 1. The van der Waals surface area contributed by atoms with Gasteiger partial charge in [-0.3, -0.25) is 15.2 Å². The number of carbonyl (C=O) groups is 1. The minimum Gasteiger partial charge on any atom is -0.467 e. The normalized spacial score (nSPS) is 15.9. The zero-order valence-electron chi connectivity index (χ0n) is 14.8. The molecule has 2 N–H and O–H groups in total. The standard InChI is InChI=1S/C19H21N5O2/c1-3-17-20-19(23-22-17)21-18(25)14-8-9-26-16(14)11-24-12(2)10-13-6-4-5-7-15(13)24/h4-9,12H,3,10-11H2,1-2H3,(H2,20,21,22,23,25). The van der Waals surface area contributed by atoms with Crippen LogP contribution in [-0.2, 0) is 19.4 Å². The number of aryl methyl sites for hydroxylation is 1. The van der Waals surface area contributed by atoms with E-state index in [1.807, 2.05) is 13.0 Å². The SMILES string of the molecule is CCc1nc(NC(=O)c2ccoc2CN2c3ccccc3CC2C)n[nH]1. The maximum absolute atomic E-state index is 12.6. The zero-order chi connectivity index (χ0) is 18.1. The molecule has 0 fully saturated rings. The first-order valence-electron chi connectivity index (χ1n) is 8.79. The van der Waals surface area contributed by atoms with Gasteiger partial charge in [0.1, 0.15) is 11.6 Å². The molecule has 0 aliphatic carbocycles. The molecule has 26 heavy (non-hydrogen) atoms. The Hall–Kier alpha value is -3.09. The van der Waals surface area contributed by atoms with Gasteiger partial charge in [-0.25, -0.2) is 0 Å². The lowest BCUT2D eigenvalue weighted by Gasteiger charge is -2.24. The van der Waals surface area contributed by atoms with E-state index >= 15 is 0 Å². The molecule has 0 saturated heterocycles. The van der Waals surface area contributed by atoms with Crippen LogP contribution in [0.15, 0.2) is 41.0 Å². The monoisotopic (exact) mass is 351 g/mol. The third-order valence-corrected chi connectivity index (χ3v) is 4.74. The Morgan fingerprint density at radius 1 is 1.38 bits per heavy atom. The molecule has 1 aliphatic heterocycles. The lowest BCUT2D eigenvalue weighted by Crippen LogP contribution is -2.29. The average Bonchev–Trinajstić information content (AvgIpc) is 3.35. The van der Waals surface area contributed by atoms with Crippen molar-refractivity contribution in [3.8, 4) is 0 Å². The van der Waals surface area contributed by atoms with E-state index in [-0.39, 0.29) is 11.9 Å². The van der Waals surface area contributed by atoms with Gasteiger partial charge in [-0.1, -0.05) is 25.1 Å². The van der Waals surface area contributed by atoms with Gasteiger partial charge in [0, 0.05) is 18.2 Å². The highest BCUT2D eigenvalue weighted by Crippen LogP contribution is 2.33. The molecule has 0 radical (unpaired) electrons. The second-order valence-corrected chi connectivity index (χ2v) is 6.48. The Morgan fingerprint density at radius 2 is 2.23 bits per heavy atom. The number of amides is 1. The topological polar surface area (TPSA) is 87.1 Å². The molecule has 1 atom stereocenters. The van der Waals surface area contributed by atoms with Crippen LogP contribution in [0.25, 0.3) is 0 Å². The van der Waals surface area contributed by atoms with Gasteiger partial charge in [0.15, 0.2) is 0 Å². The van der Waals surface area contributed by atoms with E-state index < -0.39 is 0 Å². The van der Waals surface area contributed by atoms with Crippen molar-refractivity contribution in [2.75, 3.05) is 10.2 Å². The second-order valence-electron chi connectivity index (χ2n) is 6.48. The summed E-state index contributed by atoms with van der Waals surface area (Å²) < 4.78 is 5.62. The number of aromatic amines is 1. The summed E-state index contributed by atoms with van der Waals surface area (Å²) in [4.78, 5) is 19.1. The highest BCUT2D eigenvalue weighted by molar-refractivity contribution is 6.04. The first kappa shape index (κ1) is 16.4. The van der Waals surface area contributed by atoms with Crippen LogP contribution < -0.4 is 10.2 Å². The van der Waals surface area contributed by atoms with Crippen LogP contribution in [0.1, 0.15) is 41.4 Å². The fourth-order valence-corrected chi connectivity index (χ4v) is 3.37. The van der Waals surface area contributed by atoms with Crippen LogP contribution in [0.2, 0.25) is 0 Å². The maximum atomic E-state index is 12.6. The first-order chi connectivity index (χ1) is 12.7. The number of nitrogens with zero attached hydrogens (tertiary/aromatic N) is 3. The number of para-hydroxylation sites is 1. The molecule has 3 aromatic rings. The van der Waals surface area contributed by atoms with Crippen molar-refractivity contribution >= 4 is 17.5 Å². The summed E-state index contributed by atoms with van der Waals surface area (Å²) in [5.74, 6) is 1.38. The van der Waals surface area contributed by atoms with Crippen molar-refractivity contribution in [3.63, 3.8) is 0 Å². The summed E-state index contributed by atoms with van der Waals surface area (Å²) in [6, 6.07) is 10.4. The molecule has 2 aromatic heterocycles. The van der Waals surface area contributed by atoms with Gasteiger partial charge in [0.25, 0.3) is 5.91 Å². The van der Waals surface area contributed by atoms with E-state index in [1.54, 1.807) is 12.3 Å². The Kier molecular flexibility index (Phi) is 4.20. The average molecular weight is 351 g/mol. The first-order valence-corrected chi connectivity index (χ1v) is 8.79. The number of fused-ring (bicyclic) bond motifs is 1. The van der Waals surface area contributed by atoms with Crippen LogP contribution in [0.3, 0.4) is 0 Å². The van der Waals surface area contributed by atoms with Gasteiger partial charge >= 0.3 is 0 Å². The zero-order valence-corrected chi connectivity index (χ0v) is 14.8. The number of hydrogen-bond donors (Lipinski definition) is 2. The number of H-pyrrole nitrogens is 1. The van der Waals surface area contributed by atoms with E-state index in [9.17, 15) is 4.79 Å². The van der Waals surface area contributed by atoms with Gasteiger partial charge < -0.3 is 9.32 Å². The van der Waals surface area contributed by atoms with Gasteiger partial charge in [0.05, 0.1) is 18.4 Å². The predicted octanol–water partition coefficient (Wildman–Crippen LogP) is 3.16. The number of nitrogens with one attached hydrogen (secondary N) is 2. The molecular formula is C19H21N5O2. The molecule has 0 spiro atoms. The van der Waals surface area contributed by atoms with Gasteiger partial charge in [-0.2, -0.15) is 4.98 Å². The molecule has 0 bridgehead atoms. The van der Waals surface area contributed by atoms with Crippen LogP contribution in [0, 0.1) is 0 Å². The van der Waals surface area contributed by atoms with Crippen LogP contribution in [0.5, 0.6) is 0 Å². The number of carbonyl (C=O) groups excluding carboxylic acids is 1. The van der Waals surface area contributed by atoms with E-state index in [0.717, 1.165) is 18.7 Å². The van der Waals surface area contributed by atoms with Crippen LogP contribution in [0.4, 0.5) is 11.6 Å². The Balaban J connectivity index is 1.53. The molecule has 1 aromatic carbocycles. The lowest BCUT2D eigenvalue weighted by molar-refractivity contribution is 0.102. The fourth-order valence-electron chi connectivity index (χ4n) is 3.37. The summed E-state index contributed by atoms with van der Waals surface area (Å²) in [7, 11) is 0. The second kappa shape index (κ2) is 6.67. The summed E-state index contributed by atoms with van der Waals surface area (Å²) in [6.07, 6.45) is 3.27. The van der Waals surface area contributed by atoms with Crippen LogP contribution >= 0.6 is 0 Å². The van der Waals surface area contributed by atoms with Crippen molar-refractivity contribution in [3.05, 3.63) is 59.3 Å². The van der Waals surface area contributed by atoms with Crippen molar-refractivity contribution < 1.29 is 9.21 Å². The summed E-state index contributed by atoms with van der Waals surface area (Å²) in [6.45, 7) is 4.69. The Labute approximate surface area is 151 Å². The molecule has 134 valence electrons. The summed E-state index contributed by atoms with van der Waals surface area (Å²) >= 11 is 0. The molecule has 0 saturated carbocycles. The smallest absolute Gasteiger partial charge is 0.261 e. The van der Waals surface area contributed by atoms with E-state index in [1.165, 1.54) is 11.3 Å². The fraction of sp³-hybridized carbons (Fsp3) is 0.316. The molecule has 1 unspecified atom stereocenters. The van der Waals surface area contributed by atoms with Gasteiger partial charge in [-0.05, 0) is 31.0 Å². The molecule has 1 aliphatic rings. The Bertz CT molecular complexity index is 929. The van der Waals surface area contributed by atoms with Crippen LogP contribution in [-0.4, -0.2) is 27.1 Å². The molecule has 3 heterocycles. The highest BCUT2D eigenvalue weighted by Gasteiger charge is 2.28. The number of furan rings is 1. The third kappa shape index (κ3) is 2.96. The van der Waals surface area contributed by atoms with Crippen molar-refractivity contribution in [1.29, 1.82) is 0 Å². The molecule has 7 nitrogen and oxygen atoms in total. The van der Waals surface area contributed by atoms with Gasteiger partial charge in [-0.15, -0.1) is 5.10 Å². The predicted molar refractivity (Wildman–Crippen MR) is 98.2 cm³/mol. The number of aromatic nitrogens is 3. The minimum atomic E-state index is -0.268. The third-order valence-electron chi connectivity index (χ3n) is 4.74. The van der Waals surface area contributed by atoms with E-state index in [2.05, 4.69) is 50.5 Å². The maximum Gasteiger partial charge on any atom is 0.261 e. The quantitative estimate of drug-likeness (QED) is 0.737. The summed E-state index contributed by atoms with van der Waals surface area (Å²) in [5.41, 5.74) is 3.03. The highest BCUT2D eigenvalue weighted by atomic mass is 16.3. The largest absolute Gasteiger partial charge is 0.467 e. The van der Waals surface area contributed by atoms with E-state index in [0.29, 0.717) is 23.9 Å². The van der Waals surface area contributed by atoms with Crippen molar-refractivity contribution in [2.24, 2.45) is 0 Å². The van der Waals surface area contributed by atoms with E-state index in [4.69, 9.17) is 4.42 Å². The molecule has 7 heteroatoms. The van der Waals surface area contributed by atoms with Gasteiger partial charge in [0.2, 0.25) is 5.95 Å². The molecule has 4 rings (SSSR count). The number of rotatable bonds is 5. The number of hydrogen-bond acceptors (Lipinski definition) is 5. The Morgan fingerprint density at radius 3 is 3.04 bits per heavy atom. The summed E-state index contributed by atoms with van der Waals surface area (Å²) in [5, 5.41) is 9.52. The molecular weight excluding hydrogens is 330 g/mol.